The number of nitrogens with two attached hydrogens (primary N) is 1. The van der Waals surface area contributed by atoms with E-state index in [1.165, 1.54) is 0 Å². The highest BCUT2D eigenvalue weighted by atomic mass is 35.5. The maximum absolute atomic E-state index is 5.79. The average molecular weight is 254 g/mol. The second-order valence-electron chi connectivity index (χ2n) is 3.19. The van der Waals surface area contributed by atoms with Crippen LogP contribution >= 0.6 is 11.6 Å². The molecular formula is C11H16ClN5. The van der Waals surface area contributed by atoms with Crippen LogP contribution in [0.4, 0.5) is 5.69 Å². The van der Waals surface area contributed by atoms with Gasteiger partial charge < -0.3 is 11.1 Å². The first-order valence-electron chi connectivity index (χ1n) is 5.22. The number of benzene rings is 1. The van der Waals surface area contributed by atoms with Crippen LogP contribution in [-0.2, 0) is 0 Å². The van der Waals surface area contributed by atoms with E-state index in [0.29, 0.717) is 23.5 Å². The smallest absolute Gasteiger partial charge is 0.202 e. The van der Waals surface area contributed by atoms with Gasteiger partial charge in [-0.3, -0.25) is 15.3 Å². The second-order valence-corrected chi connectivity index (χ2v) is 3.63. The van der Waals surface area contributed by atoms with Gasteiger partial charge in [-0.2, -0.15) is 0 Å². The number of halogens is 1. The van der Waals surface area contributed by atoms with E-state index in [4.69, 9.17) is 17.3 Å². The van der Waals surface area contributed by atoms with E-state index >= 15 is 0 Å². The molecule has 0 amide bonds. The predicted molar refractivity (Wildman–Crippen MR) is 73.7 cm³/mol. The molecule has 4 N–H and O–H groups in total. The van der Waals surface area contributed by atoms with E-state index in [0.717, 1.165) is 5.69 Å². The quantitative estimate of drug-likeness (QED) is 0.554. The Morgan fingerprint density at radius 1 is 1.35 bits per heavy atom. The lowest BCUT2D eigenvalue weighted by atomic mass is 10.3. The number of hydrogen-bond acceptors (Lipinski definition) is 2. The SMILES string of the molecule is CCN=C(N)NC(=NC)Nc1ccc(Cl)cc1. The summed E-state index contributed by atoms with van der Waals surface area (Å²) in [5.74, 6) is 0.858. The van der Waals surface area contributed by atoms with Crippen LogP contribution in [-0.4, -0.2) is 25.5 Å². The fourth-order valence-corrected chi connectivity index (χ4v) is 1.27. The number of aliphatic imine (C=N–C) groups is 2. The van der Waals surface area contributed by atoms with Crippen LogP contribution in [0.25, 0.3) is 0 Å². The zero-order chi connectivity index (χ0) is 12.7. The van der Waals surface area contributed by atoms with Crippen LogP contribution in [0.1, 0.15) is 6.92 Å². The molecule has 0 heterocycles. The standard InChI is InChI=1S/C11H16ClN5/c1-3-15-10(13)17-11(14-2)16-9-6-4-8(12)5-7-9/h4-7H,3H2,1-2H3,(H4,13,14,15,16,17). The molecule has 0 saturated heterocycles. The number of hydrogen-bond donors (Lipinski definition) is 3. The molecular weight excluding hydrogens is 238 g/mol. The Bertz CT molecular complexity index is 410. The molecule has 0 aromatic heterocycles. The zero-order valence-electron chi connectivity index (χ0n) is 9.87. The van der Waals surface area contributed by atoms with Crippen molar-refractivity contribution in [3.8, 4) is 0 Å². The molecule has 1 aromatic rings. The van der Waals surface area contributed by atoms with Crippen molar-refractivity contribution >= 4 is 29.2 Å². The van der Waals surface area contributed by atoms with Gasteiger partial charge in [0.2, 0.25) is 5.96 Å². The first kappa shape index (κ1) is 13.3. The first-order chi connectivity index (χ1) is 8.15. The lowest BCUT2D eigenvalue weighted by Gasteiger charge is -2.11. The molecule has 0 fully saturated rings. The fraction of sp³-hybridized carbons (Fsp3) is 0.273. The Balaban J connectivity index is 2.65. The monoisotopic (exact) mass is 253 g/mol. The average Bonchev–Trinajstić information content (AvgIpc) is 2.31. The molecule has 0 aliphatic carbocycles. The van der Waals surface area contributed by atoms with Crippen molar-refractivity contribution in [1.29, 1.82) is 0 Å². The number of nitrogens with zero attached hydrogens (tertiary/aromatic N) is 2. The topological polar surface area (TPSA) is 74.8 Å². The van der Waals surface area contributed by atoms with Crippen LogP contribution in [0.2, 0.25) is 5.02 Å². The molecule has 92 valence electrons. The summed E-state index contributed by atoms with van der Waals surface area (Å²) in [6.45, 7) is 2.53. The molecule has 0 radical (unpaired) electrons. The third kappa shape index (κ3) is 4.74. The Labute approximate surface area is 106 Å². The highest BCUT2D eigenvalue weighted by Crippen LogP contribution is 2.12. The Hall–Kier alpha value is -1.75. The second kappa shape index (κ2) is 6.75. The van der Waals surface area contributed by atoms with Gasteiger partial charge in [0, 0.05) is 24.3 Å². The van der Waals surface area contributed by atoms with Crippen molar-refractivity contribution in [2.75, 3.05) is 18.9 Å². The molecule has 6 heteroatoms. The van der Waals surface area contributed by atoms with Crippen molar-refractivity contribution < 1.29 is 0 Å². The van der Waals surface area contributed by atoms with Crippen LogP contribution in [0.15, 0.2) is 34.3 Å². The zero-order valence-corrected chi connectivity index (χ0v) is 10.6. The van der Waals surface area contributed by atoms with E-state index < -0.39 is 0 Å². The van der Waals surface area contributed by atoms with Crippen LogP contribution < -0.4 is 16.4 Å². The molecule has 0 aliphatic rings. The number of nitrogens with one attached hydrogen (secondary N) is 2. The van der Waals surface area contributed by atoms with Gasteiger partial charge in [-0.25, -0.2) is 0 Å². The van der Waals surface area contributed by atoms with Gasteiger partial charge in [0.05, 0.1) is 0 Å². The fourth-order valence-electron chi connectivity index (χ4n) is 1.14. The molecule has 5 nitrogen and oxygen atoms in total. The van der Waals surface area contributed by atoms with Gasteiger partial charge in [0.1, 0.15) is 0 Å². The van der Waals surface area contributed by atoms with Gasteiger partial charge in [0.15, 0.2) is 5.96 Å². The van der Waals surface area contributed by atoms with Gasteiger partial charge in [-0.15, -0.1) is 0 Å². The molecule has 1 rings (SSSR count). The predicted octanol–water partition coefficient (Wildman–Crippen LogP) is 1.66. The molecule has 0 unspecified atom stereocenters. The summed E-state index contributed by atoms with van der Waals surface area (Å²) in [6.07, 6.45) is 0. The van der Waals surface area contributed by atoms with E-state index in [2.05, 4.69) is 20.6 Å². The summed E-state index contributed by atoms with van der Waals surface area (Å²) in [5.41, 5.74) is 6.50. The third-order valence-electron chi connectivity index (χ3n) is 1.91. The normalized spacial score (nSPS) is 12.4. The largest absolute Gasteiger partial charge is 0.370 e. The van der Waals surface area contributed by atoms with Gasteiger partial charge >= 0.3 is 0 Å². The molecule has 0 saturated carbocycles. The molecule has 0 aliphatic heterocycles. The summed E-state index contributed by atoms with van der Waals surface area (Å²) in [6, 6.07) is 7.28. The van der Waals surface area contributed by atoms with Gasteiger partial charge in [0.25, 0.3) is 0 Å². The molecule has 0 atom stereocenters. The van der Waals surface area contributed by atoms with Crippen molar-refractivity contribution in [3.63, 3.8) is 0 Å². The minimum atomic E-state index is 0.328. The number of anilines is 1. The summed E-state index contributed by atoms with van der Waals surface area (Å²) in [5, 5.41) is 6.61. The maximum atomic E-state index is 5.79. The minimum absolute atomic E-state index is 0.328. The number of guanidine groups is 2. The van der Waals surface area contributed by atoms with Crippen molar-refractivity contribution in [3.05, 3.63) is 29.3 Å². The Morgan fingerprint density at radius 3 is 2.53 bits per heavy atom. The summed E-state index contributed by atoms with van der Waals surface area (Å²) < 4.78 is 0. The Kier molecular flexibility index (Phi) is 5.29. The highest BCUT2D eigenvalue weighted by Gasteiger charge is 2.00. The maximum Gasteiger partial charge on any atom is 0.202 e. The molecule has 17 heavy (non-hydrogen) atoms. The van der Waals surface area contributed by atoms with Crippen molar-refractivity contribution in [1.82, 2.24) is 5.32 Å². The van der Waals surface area contributed by atoms with E-state index in [1.807, 2.05) is 19.1 Å². The summed E-state index contributed by atoms with van der Waals surface area (Å²) in [4.78, 5) is 8.04. The van der Waals surface area contributed by atoms with Crippen LogP contribution in [0, 0.1) is 0 Å². The minimum Gasteiger partial charge on any atom is -0.370 e. The molecule has 1 aromatic carbocycles. The highest BCUT2D eigenvalue weighted by molar-refractivity contribution is 6.30. The number of rotatable bonds is 2. The van der Waals surface area contributed by atoms with Crippen LogP contribution in [0.3, 0.4) is 0 Å². The van der Waals surface area contributed by atoms with E-state index in [-0.39, 0.29) is 0 Å². The lowest BCUT2D eigenvalue weighted by molar-refractivity contribution is 1.09. The lowest BCUT2D eigenvalue weighted by Crippen LogP contribution is -2.40. The van der Waals surface area contributed by atoms with Crippen LogP contribution in [0.5, 0.6) is 0 Å². The van der Waals surface area contributed by atoms with Gasteiger partial charge in [-0.05, 0) is 31.2 Å². The van der Waals surface area contributed by atoms with E-state index in [9.17, 15) is 0 Å². The molecule has 0 spiro atoms. The Morgan fingerprint density at radius 2 is 2.00 bits per heavy atom. The van der Waals surface area contributed by atoms with Crippen molar-refractivity contribution in [2.45, 2.75) is 6.92 Å². The van der Waals surface area contributed by atoms with Gasteiger partial charge in [-0.1, -0.05) is 11.6 Å². The van der Waals surface area contributed by atoms with Crippen molar-refractivity contribution in [2.24, 2.45) is 15.7 Å². The van der Waals surface area contributed by atoms with E-state index in [1.54, 1.807) is 19.2 Å². The third-order valence-corrected chi connectivity index (χ3v) is 2.16. The molecule has 0 bridgehead atoms. The summed E-state index contributed by atoms with van der Waals surface area (Å²) >= 11 is 5.79. The first-order valence-corrected chi connectivity index (χ1v) is 5.59. The summed E-state index contributed by atoms with van der Waals surface area (Å²) in [7, 11) is 1.66.